The highest BCUT2D eigenvalue weighted by Crippen LogP contribution is 2.15. The van der Waals surface area contributed by atoms with Gasteiger partial charge in [-0.1, -0.05) is 6.07 Å². The third-order valence-corrected chi connectivity index (χ3v) is 4.12. The Bertz CT molecular complexity index is 555. The van der Waals surface area contributed by atoms with Gasteiger partial charge in [0.1, 0.15) is 0 Å². The van der Waals surface area contributed by atoms with Gasteiger partial charge in [-0.25, -0.2) is 13.1 Å². The molecule has 0 aliphatic heterocycles. The van der Waals surface area contributed by atoms with Crippen molar-refractivity contribution in [1.29, 1.82) is 0 Å². The van der Waals surface area contributed by atoms with E-state index < -0.39 is 15.9 Å². The average Bonchev–Trinajstić information content (AvgIpc) is 2.34. The van der Waals surface area contributed by atoms with Crippen molar-refractivity contribution in [1.82, 2.24) is 4.72 Å². The topological polar surface area (TPSA) is 109 Å². The molecule has 0 aliphatic rings. The second-order valence-electron chi connectivity index (χ2n) is 4.17. The Morgan fingerprint density at radius 1 is 1.37 bits per heavy atom. The Kier molecular flexibility index (Phi) is 5.46. The standard InChI is InChI=1S/C12H18N2O4S/c1-9-4-5-10(8-11(9)12(13)16)19(17,18)14-6-2-3-7-15/h4-5,8,14-15H,2-3,6-7H2,1H3,(H2,13,16). The number of aliphatic hydroxyl groups excluding tert-OH is 1. The quantitative estimate of drug-likeness (QED) is 0.619. The van der Waals surface area contributed by atoms with Crippen LogP contribution in [0.5, 0.6) is 0 Å². The summed E-state index contributed by atoms with van der Waals surface area (Å²) >= 11 is 0. The van der Waals surface area contributed by atoms with Crippen LogP contribution in [0.25, 0.3) is 0 Å². The number of hydrogen-bond donors (Lipinski definition) is 3. The number of benzene rings is 1. The van der Waals surface area contributed by atoms with Gasteiger partial charge in [-0.3, -0.25) is 4.79 Å². The van der Waals surface area contributed by atoms with Gasteiger partial charge in [0.15, 0.2) is 0 Å². The Morgan fingerprint density at radius 3 is 2.63 bits per heavy atom. The van der Waals surface area contributed by atoms with Gasteiger partial charge in [-0.2, -0.15) is 0 Å². The van der Waals surface area contributed by atoms with E-state index in [2.05, 4.69) is 4.72 Å². The minimum absolute atomic E-state index is 0.0101. The van der Waals surface area contributed by atoms with Gasteiger partial charge in [-0.05, 0) is 37.5 Å². The van der Waals surface area contributed by atoms with Crippen LogP contribution in [0.4, 0.5) is 0 Å². The summed E-state index contributed by atoms with van der Waals surface area (Å²) in [6.45, 7) is 1.95. The van der Waals surface area contributed by atoms with Crippen molar-refractivity contribution in [3.8, 4) is 0 Å². The van der Waals surface area contributed by atoms with Crippen molar-refractivity contribution in [2.45, 2.75) is 24.7 Å². The van der Waals surface area contributed by atoms with Crippen LogP contribution in [0.1, 0.15) is 28.8 Å². The summed E-state index contributed by atoms with van der Waals surface area (Å²) in [7, 11) is -3.65. The van der Waals surface area contributed by atoms with Crippen molar-refractivity contribution in [2.75, 3.05) is 13.2 Å². The second-order valence-corrected chi connectivity index (χ2v) is 5.94. The number of hydrogen-bond acceptors (Lipinski definition) is 4. The third kappa shape index (κ3) is 4.30. The van der Waals surface area contributed by atoms with E-state index in [1.165, 1.54) is 12.1 Å². The number of aliphatic hydroxyl groups is 1. The molecule has 0 fully saturated rings. The van der Waals surface area contributed by atoms with Crippen molar-refractivity contribution in [2.24, 2.45) is 5.73 Å². The molecule has 19 heavy (non-hydrogen) atoms. The van der Waals surface area contributed by atoms with E-state index in [0.717, 1.165) is 0 Å². The first kappa shape index (κ1) is 15.6. The summed E-state index contributed by atoms with van der Waals surface area (Å²) in [5, 5.41) is 8.61. The highest BCUT2D eigenvalue weighted by Gasteiger charge is 2.16. The van der Waals surface area contributed by atoms with Crippen LogP contribution < -0.4 is 10.5 Å². The predicted molar refractivity (Wildman–Crippen MR) is 71.2 cm³/mol. The molecule has 0 radical (unpaired) electrons. The van der Waals surface area contributed by atoms with Crippen LogP contribution >= 0.6 is 0 Å². The molecule has 1 aromatic carbocycles. The second kappa shape index (κ2) is 6.65. The SMILES string of the molecule is Cc1ccc(S(=O)(=O)NCCCCO)cc1C(N)=O. The smallest absolute Gasteiger partial charge is 0.249 e. The Hall–Kier alpha value is -1.44. The molecular weight excluding hydrogens is 268 g/mol. The number of nitrogens with two attached hydrogens (primary N) is 1. The Morgan fingerprint density at radius 2 is 2.05 bits per heavy atom. The predicted octanol–water partition coefficient (Wildman–Crippen LogP) is 0.145. The molecule has 0 aliphatic carbocycles. The maximum atomic E-state index is 12.0. The fourth-order valence-corrected chi connectivity index (χ4v) is 2.66. The molecule has 7 heteroatoms. The maximum Gasteiger partial charge on any atom is 0.249 e. The van der Waals surface area contributed by atoms with Gasteiger partial charge in [0.25, 0.3) is 0 Å². The molecule has 6 nitrogen and oxygen atoms in total. The van der Waals surface area contributed by atoms with E-state index in [-0.39, 0.29) is 23.6 Å². The molecule has 0 unspecified atom stereocenters. The first-order valence-electron chi connectivity index (χ1n) is 5.89. The number of unbranched alkanes of at least 4 members (excludes halogenated alkanes) is 1. The van der Waals surface area contributed by atoms with Gasteiger partial charge in [-0.15, -0.1) is 0 Å². The molecule has 1 amide bonds. The van der Waals surface area contributed by atoms with E-state index in [1.807, 2.05) is 0 Å². The summed E-state index contributed by atoms with van der Waals surface area (Å²) in [6, 6.07) is 4.24. The highest BCUT2D eigenvalue weighted by molar-refractivity contribution is 7.89. The van der Waals surface area contributed by atoms with Crippen LogP contribution in [-0.4, -0.2) is 32.6 Å². The number of rotatable bonds is 7. The Labute approximate surface area is 112 Å². The van der Waals surface area contributed by atoms with E-state index in [9.17, 15) is 13.2 Å². The monoisotopic (exact) mass is 286 g/mol. The lowest BCUT2D eigenvalue weighted by atomic mass is 10.1. The molecule has 106 valence electrons. The van der Waals surface area contributed by atoms with E-state index in [1.54, 1.807) is 13.0 Å². The summed E-state index contributed by atoms with van der Waals surface area (Å²) in [4.78, 5) is 11.2. The molecular formula is C12H18N2O4S. The van der Waals surface area contributed by atoms with Crippen LogP contribution in [0.15, 0.2) is 23.1 Å². The minimum atomic E-state index is -3.65. The zero-order valence-corrected chi connectivity index (χ0v) is 11.5. The summed E-state index contributed by atoms with van der Waals surface area (Å²) in [5.74, 6) is -0.658. The Balaban J connectivity index is 2.89. The number of nitrogens with one attached hydrogen (secondary N) is 1. The first-order valence-corrected chi connectivity index (χ1v) is 7.38. The van der Waals surface area contributed by atoms with Crippen LogP contribution in [0.3, 0.4) is 0 Å². The maximum absolute atomic E-state index is 12.0. The number of carbonyl (C=O) groups is 1. The van der Waals surface area contributed by atoms with E-state index in [0.29, 0.717) is 18.4 Å². The van der Waals surface area contributed by atoms with Crippen molar-refractivity contribution in [3.05, 3.63) is 29.3 Å². The fourth-order valence-electron chi connectivity index (χ4n) is 1.56. The molecule has 0 saturated carbocycles. The van der Waals surface area contributed by atoms with Crippen molar-refractivity contribution in [3.63, 3.8) is 0 Å². The molecule has 4 N–H and O–H groups in total. The summed E-state index contributed by atoms with van der Waals surface area (Å²) in [6.07, 6.45) is 1.08. The first-order chi connectivity index (χ1) is 8.88. The summed E-state index contributed by atoms with van der Waals surface area (Å²) < 4.78 is 26.3. The average molecular weight is 286 g/mol. The molecule has 0 bridgehead atoms. The lowest BCUT2D eigenvalue weighted by Crippen LogP contribution is -2.25. The fraction of sp³-hybridized carbons (Fsp3) is 0.417. The zero-order chi connectivity index (χ0) is 14.5. The van der Waals surface area contributed by atoms with Gasteiger partial charge in [0, 0.05) is 18.7 Å². The van der Waals surface area contributed by atoms with Gasteiger partial charge in [0.2, 0.25) is 15.9 Å². The highest BCUT2D eigenvalue weighted by atomic mass is 32.2. The minimum Gasteiger partial charge on any atom is -0.396 e. The lowest BCUT2D eigenvalue weighted by Gasteiger charge is -2.08. The molecule has 0 spiro atoms. The van der Waals surface area contributed by atoms with Gasteiger partial charge >= 0.3 is 0 Å². The van der Waals surface area contributed by atoms with Crippen molar-refractivity contribution < 1.29 is 18.3 Å². The largest absolute Gasteiger partial charge is 0.396 e. The third-order valence-electron chi connectivity index (χ3n) is 2.66. The molecule has 0 heterocycles. The van der Waals surface area contributed by atoms with Gasteiger partial charge < -0.3 is 10.8 Å². The van der Waals surface area contributed by atoms with Crippen molar-refractivity contribution >= 4 is 15.9 Å². The molecule has 0 saturated heterocycles. The number of sulfonamides is 1. The number of carbonyl (C=O) groups excluding carboxylic acids is 1. The number of aryl methyl sites for hydroxylation is 1. The molecule has 0 atom stereocenters. The van der Waals surface area contributed by atoms with Crippen LogP contribution in [-0.2, 0) is 10.0 Å². The normalized spacial score (nSPS) is 11.5. The number of amides is 1. The summed E-state index contributed by atoms with van der Waals surface area (Å²) in [5.41, 5.74) is 6.01. The zero-order valence-electron chi connectivity index (χ0n) is 10.7. The molecule has 1 rings (SSSR count). The molecule has 0 aromatic heterocycles. The molecule has 1 aromatic rings. The van der Waals surface area contributed by atoms with E-state index in [4.69, 9.17) is 10.8 Å². The van der Waals surface area contributed by atoms with Crippen LogP contribution in [0, 0.1) is 6.92 Å². The lowest BCUT2D eigenvalue weighted by molar-refractivity contribution is 0.0999. The van der Waals surface area contributed by atoms with Crippen LogP contribution in [0.2, 0.25) is 0 Å². The number of primary amides is 1. The van der Waals surface area contributed by atoms with E-state index >= 15 is 0 Å². The van der Waals surface area contributed by atoms with Gasteiger partial charge in [0.05, 0.1) is 4.90 Å².